The van der Waals surface area contributed by atoms with Crippen LogP contribution in [-0.2, 0) is 5.88 Å². The van der Waals surface area contributed by atoms with Gasteiger partial charge in [0.15, 0.2) is 0 Å². The molecule has 0 aliphatic carbocycles. The molecule has 2 aromatic carbocycles. The molecule has 0 atom stereocenters. The minimum absolute atomic E-state index is 0.318. The molecule has 0 aliphatic heterocycles. The second-order valence-corrected chi connectivity index (χ2v) is 3.23. The van der Waals surface area contributed by atoms with Gasteiger partial charge in [-0.15, -0.1) is 11.6 Å². The number of alkyl halides is 1. The highest BCUT2D eigenvalue weighted by Crippen LogP contribution is 2.25. The van der Waals surface area contributed by atoms with Crippen LogP contribution >= 0.6 is 11.6 Å². The maximum absolute atomic E-state index is 9.50. The maximum atomic E-state index is 9.50. The maximum Gasteiger partial charge on any atom is 0.123 e. The molecule has 1 nitrogen and oxygen atoms in total. The highest BCUT2D eigenvalue weighted by Gasteiger charge is 1.98. The van der Waals surface area contributed by atoms with Gasteiger partial charge >= 0.3 is 0 Å². The normalized spacial score (nSPS) is 10.5. The molecule has 13 heavy (non-hydrogen) atoms. The van der Waals surface area contributed by atoms with Gasteiger partial charge in [-0.05, 0) is 23.1 Å². The van der Waals surface area contributed by atoms with Crippen LogP contribution in [0.4, 0.5) is 0 Å². The van der Waals surface area contributed by atoms with Gasteiger partial charge in [0.2, 0.25) is 0 Å². The van der Waals surface area contributed by atoms with Crippen molar-refractivity contribution in [2.45, 2.75) is 5.88 Å². The molecule has 0 amide bonds. The first-order chi connectivity index (χ1) is 6.31. The van der Waals surface area contributed by atoms with Crippen molar-refractivity contribution in [3.63, 3.8) is 0 Å². The van der Waals surface area contributed by atoms with Crippen molar-refractivity contribution < 1.29 is 5.11 Å². The molecule has 1 N–H and O–H groups in total. The third-order valence-corrected chi connectivity index (χ3v) is 2.38. The number of fused-ring (bicyclic) bond motifs is 1. The molecule has 0 heterocycles. The van der Waals surface area contributed by atoms with Crippen LogP contribution in [0.5, 0.6) is 5.75 Å². The summed E-state index contributed by atoms with van der Waals surface area (Å²) in [6.45, 7) is 0. The molecule has 66 valence electrons. The van der Waals surface area contributed by atoms with Crippen molar-refractivity contribution in [1.29, 1.82) is 0 Å². The Hall–Kier alpha value is -1.21. The molecule has 0 aromatic heterocycles. The first-order valence-corrected chi connectivity index (χ1v) is 4.61. The van der Waals surface area contributed by atoms with Gasteiger partial charge < -0.3 is 5.11 Å². The monoisotopic (exact) mass is 192 g/mol. The SMILES string of the molecule is Oc1cccc2cc(CCl)ccc12. The van der Waals surface area contributed by atoms with Crippen molar-refractivity contribution >= 4 is 22.4 Å². The molecule has 0 fully saturated rings. The van der Waals surface area contributed by atoms with E-state index < -0.39 is 0 Å². The van der Waals surface area contributed by atoms with Crippen LogP contribution in [0, 0.1) is 0 Å². The topological polar surface area (TPSA) is 20.2 Å². The number of hydrogen-bond donors (Lipinski definition) is 1. The van der Waals surface area contributed by atoms with Gasteiger partial charge in [-0.25, -0.2) is 0 Å². The quantitative estimate of drug-likeness (QED) is 0.688. The number of phenolic OH excluding ortho intramolecular Hbond substituents is 1. The largest absolute Gasteiger partial charge is 0.507 e. The molecule has 0 saturated heterocycles. The zero-order valence-electron chi connectivity index (χ0n) is 7.00. The predicted octanol–water partition coefficient (Wildman–Crippen LogP) is 3.28. The standard InChI is InChI=1S/C11H9ClO/c12-7-8-4-5-10-9(6-8)2-1-3-11(10)13/h1-6,13H,7H2. The van der Waals surface area contributed by atoms with Gasteiger partial charge in [-0.3, -0.25) is 0 Å². The summed E-state index contributed by atoms with van der Waals surface area (Å²) in [6, 6.07) is 11.3. The zero-order valence-corrected chi connectivity index (χ0v) is 7.75. The van der Waals surface area contributed by atoms with E-state index in [0.717, 1.165) is 16.3 Å². The summed E-state index contributed by atoms with van der Waals surface area (Å²) < 4.78 is 0. The molecule has 2 rings (SSSR count). The smallest absolute Gasteiger partial charge is 0.123 e. The van der Waals surface area contributed by atoms with E-state index in [1.165, 1.54) is 0 Å². The van der Waals surface area contributed by atoms with Crippen molar-refractivity contribution in [2.75, 3.05) is 0 Å². The Labute approximate surface area is 81.6 Å². The summed E-state index contributed by atoms with van der Waals surface area (Å²) in [5.41, 5.74) is 1.07. The molecule has 0 bridgehead atoms. The average Bonchev–Trinajstić information content (AvgIpc) is 2.18. The minimum Gasteiger partial charge on any atom is -0.507 e. The first kappa shape index (κ1) is 8.39. The Kier molecular flexibility index (Phi) is 2.11. The lowest BCUT2D eigenvalue weighted by atomic mass is 10.1. The van der Waals surface area contributed by atoms with Crippen LogP contribution in [-0.4, -0.2) is 5.11 Å². The molecule has 0 radical (unpaired) electrons. The van der Waals surface area contributed by atoms with Gasteiger partial charge in [0, 0.05) is 11.3 Å². The minimum atomic E-state index is 0.318. The number of phenols is 1. The van der Waals surface area contributed by atoms with E-state index in [2.05, 4.69) is 0 Å². The molecule has 0 spiro atoms. The van der Waals surface area contributed by atoms with E-state index in [1.54, 1.807) is 6.07 Å². The van der Waals surface area contributed by atoms with Gasteiger partial charge in [-0.1, -0.05) is 24.3 Å². The van der Waals surface area contributed by atoms with Crippen LogP contribution in [0.15, 0.2) is 36.4 Å². The first-order valence-electron chi connectivity index (χ1n) is 4.08. The van der Waals surface area contributed by atoms with Crippen LogP contribution in [0.3, 0.4) is 0 Å². The summed E-state index contributed by atoms with van der Waals surface area (Å²) >= 11 is 5.70. The molecule has 2 heteroatoms. The van der Waals surface area contributed by atoms with Crippen LogP contribution in [0.25, 0.3) is 10.8 Å². The number of halogens is 1. The number of hydrogen-bond acceptors (Lipinski definition) is 1. The lowest BCUT2D eigenvalue weighted by molar-refractivity contribution is 0.481. The van der Waals surface area contributed by atoms with E-state index in [-0.39, 0.29) is 0 Å². The number of aromatic hydroxyl groups is 1. The number of rotatable bonds is 1. The average molecular weight is 193 g/mol. The lowest BCUT2D eigenvalue weighted by Gasteiger charge is -2.01. The number of benzene rings is 2. The lowest BCUT2D eigenvalue weighted by Crippen LogP contribution is -1.78. The predicted molar refractivity (Wildman–Crippen MR) is 55.2 cm³/mol. The van der Waals surface area contributed by atoms with Gasteiger partial charge in [-0.2, -0.15) is 0 Å². The van der Waals surface area contributed by atoms with Crippen LogP contribution in [0.2, 0.25) is 0 Å². The molecule has 0 saturated carbocycles. The van der Waals surface area contributed by atoms with Crippen molar-refractivity contribution in [1.82, 2.24) is 0 Å². The van der Waals surface area contributed by atoms with Crippen molar-refractivity contribution in [3.05, 3.63) is 42.0 Å². The van der Waals surface area contributed by atoms with Gasteiger partial charge in [0.05, 0.1) is 0 Å². The Balaban J connectivity index is 2.72. The fourth-order valence-electron chi connectivity index (χ4n) is 1.40. The fraction of sp³-hybridized carbons (Fsp3) is 0.0909. The van der Waals surface area contributed by atoms with Gasteiger partial charge in [0.25, 0.3) is 0 Å². The van der Waals surface area contributed by atoms with E-state index in [1.807, 2.05) is 30.3 Å². The molecular formula is C11H9ClO. The van der Waals surface area contributed by atoms with Gasteiger partial charge in [0.1, 0.15) is 5.75 Å². The second kappa shape index (κ2) is 3.27. The summed E-state index contributed by atoms with van der Waals surface area (Å²) in [4.78, 5) is 0. The Bertz CT molecular complexity index is 437. The zero-order chi connectivity index (χ0) is 9.26. The van der Waals surface area contributed by atoms with E-state index in [0.29, 0.717) is 11.6 Å². The Morgan fingerprint density at radius 1 is 1.15 bits per heavy atom. The third kappa shape index (κ3) is 1.47. The second-order valence-electron chi connectivity index (χ2n) is 2.97. The van der Waals surface area contributed by atoms with Crippen molar-refractivity contribution in [2.24, 2.45) is 0 Å². The summed E-state index contributed by atoms with van der Waals surface area (Å²) in [5, 5.41) is 11.4. The third-order valence-electron chi connectivity index (χ3n) is 2.08. The van der Waals surface area contributed by atoms with Crippen molar-refractivity contribution in [3.8, 4) is 5.75 Å². The summed E-state index contributed by atoms with van der Waals surface area (Å²) in [7, 11) is 0. The Morgan fingerprint density at radius 3 is 2.77 bits per heavy atom. The molecule has 2 aromatic rings. The summed E-state index contributed by atoms with van der Waals surface area (Å²) in [5.74, 6) is 0.824. The van der Waals surface area contributed by atoms with Crippen LogP contribution < -0.4 is 0 Å². The van der Waals surface area contributed by atoms with E-state index in [4.69, 9.17) is 11.6 Å². The molecule has 0 unspecified atom stereocenters. The highest BCUT2D eigenvalue weighted by molar-refractivity contribution is 6.17. The molecule has 0 aliphatic rings. The highest BCUT2D eigenvalue weighted by atomic mass is 35.5. The van der Waals surface area contributed by atoms with E-state index >= 15 is 0 Å². The van der Waals surface area contributed by atoms with Crippen LogP contribution in [0.1, 0.15) is 5.56 Å². The summed E-state index contributed by atoms with van der Waals surface area (Å²) in [6.07, 6.45) is 0. The van der Waals surface area contributed by atoms with E-state index in [9.17, 15) is 5.11 Å². The fourth-order valence-corrected chi connectivity index (χ4v) is 1.57. The Morgan fingerprint density at radius 2 is 2.00 bits per heavy atom. The molecular weight excluding hydrogens is 184 g/mol.